The van der Waals surface area contributed by atoms with E-state index in [4.69, 9.17) is 4.74 Å². The molecule has 1 aromatic carbocycles. The Labute approximate surface area is 107 Å². The van der Waals surface area contributed by atoms with Gasteiger partial charge in [0.15, 0.2) is 0 Å². The van der Waals surface area contributed by atoms with Crippen molar-refractivity contribution in [1.29, 1.82) is 0 Å². The van der Waals surface area contributed by atoms with Crippen molar-refractivity contribution in [2.75, 3.05) is 18.5 Å². The third kappa shape index (κ3) is 3.76. The number of aromatic amines is 1. The van der Waals surface area contributed by atoms with Crippen LogP contribution in [0, 0.1) is 13.8 Å². The molecule has 0 aliphatic carbocycles. The summed E-state index contributed by atoms with van der Waals surface area (Å²) in [5, 5.41) is 9.91. The zero-order chi connectivity index (χ0) is 12.8. The van der Waals surface area contributed by atoms with E-state index in [1.165, 1.54) is 5.56 Å². The van der Waals surface area contributed by atoms with E-state index in [1.54, 1.807) is 0 Å². The molecule has 96 valence electrons. The highest BCUT2D eigenvalue weighted by molar-refractivity contribution is 5.27. The van der Waals surface area contributed by atoms with E-state index in [2.05, 4.69) is 33.5 Å². The molecule has 0 amide bonds. The highest BCUT2D eigenvalue weighted by atomic mass is 16.5. The number of nitrogens with one attached hydrogen (secondary N) is 2. The summed E-state index contributed by atoms with van der Waals surface area (Å²) in [5.41, 5.74) is 1.21. The molecule has 18 heavy (non-hydrogen) atoms. The van der Waals surface area contributed by atoms with E-state index in [0.29, 0.717) is 12.6 Å². The summed E-state index contributed by atoms with van der Waals surface area (Å²) < 4.78 is 5.64. The zero-order valence-electron chi connectivity index (χ0n) is 10.7. The molecule has 0 aliphatic rings. The van der Waals surface area contributed by atoms with Gasteiger partial charge in [0.1, 0.15) is 11.6 Å². The lowest BCUT2D eigenvalue weighted by Crippen LogP contribution is -2.08. The number of hydrogen-bond acceptors (Lipinski definition) is 4. The predicted octanol–water partition coefficient (Wildman–Crippen LogP) is 2.30. The van der Waals surface area contributed by atoms with Gasteiger partial charge in [-0.3, -0.25) is 5.10 Å². The van der Waals surface area contributed by atoms with Gasteiger partial charge in [-0.15, -0.1) is 5.10 Å². The monoisotopic (exact) mass is 246 g/mol. The Hall–Kier alpha value is -2.04. The molecule has 5 nitrogen and oxygen atoms in total. The number of benzene rings is 1. The van der Waals surface area contributed by atoms with Crippen molar-refractivity contribution in [3.8, 4) is 5.75 Å². The number of aromatic nitrogens is 3. The summed E-state index contributed by atoms with van der Waals surface area (Å²) in [6.07, 6.45) is 0.904. The lowest BCUT2D eigenvalue weighted by Gasteiger charge is -2.06. The highest BCUT2D eigenvalue weighted by Crippen LogP contribution is 2.12. The first kappa shape index (κ1) is 12.4. The van der Waals surface area contributed by atoms with Crippen LogP contribution in [0.3, 0.4) is 0 Å². The fourth-order valence-corrected chi connectivity index (χ4v) is 1.59. The predicted molar refractivity (Wildman–Crippen MR) is 70.9 cm³/mol. The highest BCUT2D eigenvalue weighted by Gasteiger charge is 1.98. The smallest absolute Gasteiger partial charge is 0.242 e. The quantitative estimate of drug-likeness (QED) is 0.768. The summed E-state index contributed by atoms with van der Waals surface area (Å²) in [5.74, 6) is 2.38. The average molecular weight is 246 g/mol. The molecule has 5 heteroatoms. The fraction of sp³-hybridized carbons (Fsp3) is 0.385. The van der Waals surface area contributed by atoms with Crippen LogP contribution in [0.25, 0.3) is 0 Å². The molecule has 1 aromatic heterocycles. The first-order valence-corrected chi connectivity index (χ1v) is 6.06. The van der Waals surface area contributed by atoms with Crippen LogP contribution in [0.2, 0.25) is 0 Å². The molecule has 0 saturated heterocycles. The number of ether oxygens (including phenoxy) is 1. The lowest BCUT2D eigenvalue weighted by molar-refractivity contribution is 0.314. The van der Waals surface area contributed by atoms with Crippen LogP contribution in [0.15, 0.2) is 24.3 Å². The van der Waals surface area contributed by atoms with Crippen molar-refractivity contribution >= 4 is 5.95 Å². The Bertz CT molecular complexity index is 495. The van der Waals surface area contributed by atoms with Gasteiger partial charge in [0.25, 0.3) is 0 Å². The molecule has 0 aliphatic heterocycles. The van der Waals surface area contributed by atoms with Crippen LogP contribution in [-0.2, 0) is 0 Å². The van der Waals surface area contributed by atoms with Crippen LogP contribution in [0.4, 0.5) is 5.95 Å². The first-order chi connectivity index (χ1) is 8.74. The number of rotatable bonds is 6. The van der Waals surface area contributed by atoms with Crippen molar-refractivity contribution < 1.29 is 4.74 Å². The van der Waals surface area contributed by atoms with Gasteiger partial charge in [-0.05, 0) is 38.0 Å². The van der Waals surface area contributed by atoms with Gasteiger partial charge in [-0.2, -0.15) is 4.98 Å². The number of anilines is 1. The summed E-state index contributed by atoms with van der Waals surface area (Å²) in [7, 11) is 0. The third-order valence-electron chi connectivity index (χ3n) is 2.46. The summed E-state index contributed by atoms with van der Waals surface area (Å²) >= 11 is 0. The van der Waals surface area contributed by atoms with E-state index in [9.17, 15) is 0 Å². The maximum absolute atomic E-state index is 5.64. The summed E-state index contributed by atoms with van der Waals surface area (Å²) in [6, 6.07) is 8.06. The number of hydrogen-bond donors (Lipinski definition) is 2. The first-order valence-electron chi connectivity index (χ1n) is 6.06. The molecule has 0 saturated carbocycles. The van der Waals surface area contributed by atoms with Crippen LogP contribution in [-0.4, -0.2) is 28.3 Å². The Morgan fingerprint density at radius 1 is 1.33 bits per heavy atom. The summed E-state index contributed by atoms with van der Waals surface area (Å²) in [4.78, 5) is 4.16. The second kappa shape index (κ2) is 6.05. The number of aryl methyl sites for hydroxylation is 2. The van der Waals surface area contributed by atoms with Gasteiger partial charge in [0.05, 0.1) is 6.61 Å². The van der Waals surface area contributed by atoms with E-state index in [0.717, 1.165) is 24.5 Å². The Morgan fingerprint density at radius 3 is 2.94 bits per heavy atom. The van der Waals surface area contributed by atoms with Gasteiger partial charge in [-0.25, -0.2) is 0 Å². The van der Waals surface area contributed by atoms with E-state index in [1.807, 2.05) is 25.1 Å². The molecule has 0 fully saturated rings. The molecule has 2 rings (SSSR count). The van der Waals surface area contributed by atoms with Crippen molar-refractivity contribution in [1.82, 2.24) is 15.2 Å². The van der Waals surface area contributed by atoms with Crippen LogP contribution >= 0.6 is 0 Å². The minimum Gasteiger partial charge on any atom is -0.494 e. The largest absolute Gasteiger partial charge is 0.494 e. The maximum atomic E-state index is 5.64. The van der Waals surface area contributed by atoms with Crippen molar-refractivity contribution in [3.63, 3.8) is 0 Å². The normalized spacial score (nSPS) is 10.3. The van der Waals surface area contributed by atoms with Crippen LogP contribution < -0.4 is 10.1 Å². The number of nitrogens with zero attached hydrogens (tertiary/aromatic N) is 2. The Morgan fingerprint density at radius 2 is 2.22 bits per heavy atom. The minimum atomic E-state index is 0.642. The van der Waals surface area contributed by atoms with E-state index < -0.39 is 0 Å². The maximum Gasteiger partial charge on any atom is 0.242 e. The fourth-order valence-electron chi connectivity index (χ4n) is 1.59. The molecule has 2 aromatic rings. The topological polar surface area (TPSA) is 62.8 Å². The molecule has 0 unspecified atom stereocenters. The van der Waals surface area contributed by atoms with Crippen LogP contribution in [0.5, 0.6) is 5.75 Å². The lowest BCUT2D eigenvalue weighted by atomic mass is 10.2. The second-order valence-electron chi connectivity index (χ2n) is 4.19. The van der Waals surface area contributed by atoms with E-state index in [-0.39, 0.29) is 0 Å². The van der Waals surface area contributed by atoms with E-state index >= 15 is 0 Å². The molecule has 2 N–H and O–H groups in total. The van der Waals surface area contributed by atoms with Crippen molar-refractivity contribution in [3.05, 3.63) is 35.7 Å². The number of H-pyrrole nitrogens is 1. The second-order valence-corrected chi connectivity index (χ2v) is 4.19. The minimum absolute atomic E-state index is 0.642. The molecule has 1 heterocycles. The van der Waals surface area contributed by atoms with Gasteiger partial charge in [0.2, 0.25) is 5.95 Å². The summed E-state index contributed by atoms with van der Waals surface area (Å²) in [6.45, 7) is 5.40. The molecule has 0 radical (unpaired) electrons. The molecule has 0 atom stereocenters. The Balaban J connectivity index is 1.64. The molecule has 0 bridgehead atoms. The molecule has 0 spiro atoms. The molecular formula is C13H18N4O. The van der Waals surface area contributed by atoms with Gasteiger partial charge in [0, 0.05) is 6.54 Å². The standard InChI is InChI=1S/C13H18N4O/c1-10-5-3-6-12(9-10)18-8-4-7-14-13-15-11(2)16-17-13/h3,5-6,9H,4,7-8H2,1-2H3,(H2,14,15,16,17). The van der Waals surface area contributed by atoms with Gasteiger partial charge in [-0.1, -0.05) is 12.1 Å². The molecular weight excluding hydrogens is 228 g/mol. The Kier molecular flexibility index (Phi) is 4.17. The van der Waals surface area contributed by atoms with Gasteiger partial charge < -0.3 is 10.1 Å². The average Bonchev–Trinajstić information content (AvgIpc) is 2.75. The van der Waals surface area contributed by atoms with Crippen LogP contribution in [0.1, 0.15) is 17.8 Å². The van der Waals surface area contributed by atoms with Crippen molar-refractivity contribution in [2.24, 2.45) is 0 Å². The zero-order valence-corrected chi connectivity index (χ0v) is 10.7. The third-order valence-corrected chi connectivity index (χ3v) is 2.46. The van der Waals surface area contributed by atoms with Crippen molar-refractivity contribution in [2.45, 2.75) is 20.3 Å². The van der Waals surface area contributed by atoms with Gasteiger partial charge >= 0.3 is 0 Å². The SMILES string of the molecule is Cc1cccc(OCCCNc2n[nH]c(C)n2)c1.